The lowest BCUT2D eigenvalue weighted by atomic mass is 10.1. The van der Waals surface area contributed by atoms with Crippen molar-refractivity contribution in [2.45, 2.75) is 32.7 Å². The van der Waals surface area contributed by atoms with Gasteiger partial charge in [0, 0.05) is 6.20 Å². The highest BCUT2D eigenvalue weighted by atomic mass is 19.3. The van der Waals surface area contributed by atoms with Crippen molar-refractivity contribution in [3.63, 3.8) is 0 Å². The molecule has 1 aromatic heterocycles. The molecule has 0 atom stereocenters. The molecule has 13 heavy (non-hydrogen) atoms. The number of nitrogen functional groups attached to an aromatic ring is 1. The molecule has 0 saturated heterocycles. The average Bonchev–Trinajstić information content (AvgIpc) is 2.29. The molecule has 0 aliphatic rings. The predicted octanol–water partition coefficient (Wildman–Crippen LogP) is 2.16. The summed E-state index contributed by atoms with van der Waals surface area (Å²) >= 11 is 0. The minimum Gasteiger partial charge on any atom is -0.396 e. The summed E-state index contributed by atoms with van der Waals surface area (Å²) in [5, 5.41) is 3.72. The molecule has 74 valence electrons. The first-order valence-corrected chi connectivity index (χ1v) is 3.96. The van der Waals surface area contributed by atoms with Crippen molar-refractivity contribution in [1.29, 1.82) is 0 Å². The highest BCUT2D eigenvalue weighted by Crippen LogP contribution is 2.25. The molecular formula is C8H13F2N3. The molecule has 0 bridgehead atoms. The SMILES string of the molecule is CC(C)(C)n1cc(N)c(C(F)F)n1. The molecule has 1 heterocycles. The molecule has 1 aromatic rings. The van der Waals surface area contributed by atoms with E-state index >= 15 is 0 Å². The third-order valence-corrected chi connectivity index (χ3v) is 1.67. The van der Waals surface area contributed by atoms with Crippen molar-refractivity contribution in [1.82, 2.24) is 9.78 Å². The van der Waals surface area contributed by atoms with Crippen LogP contribution in [0, 0.1) is 0 Å². The van der Waals surface area contributed by atoms with Crippen LogP contribution >= 0.6 is 0 Å². The van der Waals surface area contributed by atoms with Crippen LogP contribution in [0.5, 0.6) is 0 Å². The Morgan fingerprint density at radius 3 is 2.23 bits per heavy atom. The molecular weight excluding hydrogens is 176 g/mol. The molecule has 5 heteroatoms. The van der Waals surface area contributed by atoms with E-state index in [0.29, 0.717) is 0 Å². The fraction of sp³-hybridized carbons (Fsp3) is 0.625. The number of nitrogens with zero attached hydrogens (tertiary/aromatic N) is 2. The summed E-state index contributed by atoms with van der Waals surface area (Å²) in [6, 6.07) is 0. The van der Waals surface area contributed by atoms with Crippen LogP contribution in [0.2, 0.25) is 0 Å². The second kappa shape index (κ2) is 2.97. The Kier molecular flexibility index (Phi) is 2.28. The summed E-state index contributed by atoms with van der Waals surface area (Å²) in [6.07, 6.45) is -1.18. The second-order valence-electron chi connectivity index (χ2n) is 3.89. The Bertz CT molecular complexity index is 299. The minimum absolute atomic E-state index is 0.0462. The van der Waals surface area contributed by atoms with Crippen molar-refractivity contribution < 1.29 is 8.78 Å². The first-order chi connectivity index (χ1) is 5.82. The Hall–Kier alpha value is -1.13. The van der Waals surface area contributed by atoms with Crippen LogP contribution in [-0.4, -0.2) is 9.78 Å². The van der Waals surface area contributed by atoms with Gasteiger partial charge >= 0.3 is 0 Å². The van der Waals surface area contributed by atoms with E-state index in [1.807, 2.05) is 20.8 Å². The third-order valence-electron chi connectivity index (χ3n) is 1.67. The zero-order chi connectivity index (χ0) is 10.2. The van der Waals surface area contributed by atoms with Crippen molar-refractivity contribution in [2.75, 3.05) is 5.73 Å². The number of rotatable bonds is 1. The van der Waals surface area contributed by atoms with E-state index in [-0.39, 0.29) is 16.9 Å². The number of hydrogen-bond donors (Lipinski definition) is 1. The van der Waals surface area contributed by atoms with E-state index in [9.17, 15) is 8.78 Å². The van der Waals surface area contributed by atoms with Gasteiger partial charge in [0.05, 0.1) is 11.2 Å². The summed E-state index contributed by atoms with van der Waals surface area (Å²) in [5.74, 6) is 0. The van der Waals surface area contributed by atoms with Crippen molar-refractivity contribution in [3.8, 4) is 0 Å². The van der Waals surface area contributed by atoms with Gasteiger partial charge in [0.1, 0.15) is 0 Å². The minimum atomic E-state index is -2.61. The van der Waals surface area contributed by atoms with Gasteiger partial charge in [-0.25, -0.2) is 8.78 Å². The van der Waals surface area contributed by atoms with Crippen LogP contribution < -0.4 is 5.73 Å². The summed E-state index contributed by atoms with van der Waals surface area (Å²) in [4.78, 5) is 0. The molecule has 0 unspecified atom stereocenters. The highest BCUT2D eigenvalue weighted by Gasteiger charge is 2.21. The Morgan fingerprint density at radius 2 is 2.00 bits per heavy atom. The Labute approximate surface area is 75.5 Å². The number of nitrogens with two attached hydrogens (primary N) is 1. The van der Waals surface area contributed by atoms with Crippen LogP contribution in [0.15, 0.2) is 6.20 Å². The molecule has 1 rings (SSSR count). The molecule has 0 aromatic carbocycles. The Balaban J connectivity index is 3.10. The zero-order valence-corrected chi connectivity index (χ0v) is 7.88. The van der Waals surface area contributed by atoms with Gasteiger partial charge in [0.25, 0.3) is 6.43 Å². The standard InChI is InChI=1S/C8H13F2N3/c1-8(2,3)13-4-5(11)6(12-13)7(9)10/h4,7H,11H2,1-3H3. The van der Waals surface area contributed by atoms with Gasteiger partial charge in [0.2, 0.25) is 0 Å². The molecule has 2 N–H and O–H groups in total. The number of halogens is 2. The maximum Gasteiger partial charge on any atom is 0.284 e. The first-order valence-electron chi connectivity index (χ1n) is 3.96. The van der Waals surface area contributed by atoms with E-state index in [4.69, 9.17) is 5.73 Å². The molecule has 0 saturated carbocycles. The molecule has 0 amide bonds. The molecule has 0 fully saturated rings. The van der Waals surface area contributed by atoms with Gasteiger partial charge in [-0.1, -0.05) is 0 Å². The van der Waals surface area contributed by atoms with Gasteiger partial charge in [-0.3, -0.25) is 4.68 Å². The van der Waals surface area contributed by atoms with Gasteiger partial charge in [-0.2, -0.15) is 5.10 Å². The normalized spacial score (nSPS) is 12.5. The third kappa shape index (κ3) is 1.96. The van der Waals surface area contributed by atoms with Crippen LogP contribution in [-0.2, 0) is 5.54 Å². The summed E-state index contributed by atoms with van der Waals surface area (Å²) in [7, 11) is 0. The molecule has 3 nitrogen and oxygen atoms in total. The summed E-state index contributed by atoms with van der Waals surface area (Å²) < 4.78 is 26.0. The number of anilines is 1. The van der Waals surface area contributed by atoms with E-state index in [0.717, 1.165) is 0 Å². The number of alkyl halides is 2. The average molecular weight is 189 g/mol. The molecule has 0 aliphatic carbocycles. The van der Waals surface area contributed by atoms with E-state index < -0.39 is 6.43 Å². The lowest BCUT2D eigenvalue weighted by Crippen LogP contribution is -2.22. The predicted molar refractivity (Wildman–Crippen MR) is 46.6 cm³/mol. The van der Waals surface area contributed by atoms with Crippen LogP contribution in [0.1, 0.15) is 32.9 Å². The summed E-state index contributed by atoms with van der Waals surface area (Å²) in [6.45, 7) is 5.61. The lowest BCUT2D eigenvalue weighted by Gasteiger charge is -2.18. The highest BCUT2D eigenvalue weighted by molar-refractivity contribution is 5.41. The lowest BCUT2D eigenvalue weighted by molar-refractivity contribution is 0.144. The van der Waals surface area contributed by atoms with Crippen molar-refractivity contribution in [3.05, 3.63) is 11.9 Å². The Morgan fingerprint density at radius 1 is 1.46 bits per heavy atom. The second-order valence-corrected chi connectivity index (χ2v) is 3.89. The monoisotopic (exact) mass is 189 g/mol. The first kappa shape index (κ1) is 9.95. The van der Waals surface area contributed by atoms with Gasteiger partial charge in [-0.05, 0) is 20.8 Å². The largest absolute Gasteiger partial charge is 0.396 e. The van der Waals surface area contributed by atoms with Gasteiger partial charge in [0.15, 0.2) is 5.69 Å². The number of hydrogen-bond acceptors (Lipinski definition) is 2. The fourth-order valence-electron chi connectivity index (χ4n) is 0.914. The quantitative estimate of drug-likeness (QED) is 0.735. The topological polar surface area (TPSA) is 43.8 Å². The van der Waals surface area contributed by atoms with E-state index in [1.165, 1.54) is 10.9 Å². The zero-order valence-electron chi connectivity index (χ0n) is 7.88. The molecule has 0 radical (unpaired) electrons. The van der Waals surface area contributed by atoms with Crippen molar-refractivity contribution >= 4 is 5.69 Å². The summed E-state index contributed by atoms with van der Waals surface area (Å²) in [5.41, 5.74) is 4.77. The van der Waals surface area contributed by atoms with Crippen LogP contribution in [0.4, 0.5) is 14.5 Å². The molecule has 0 aliphatic heterocycles. The van der Waals surface area contributed by atoms with E-state index in [1.54, 1.807) is 0 Å². The van der Waals surface area contributed by atoms with E-state index in [2.05, 4.69) is 5.10 Å². The fourth-order valence-corrected chi connectivity index (χ4v) is 0.914. The maximum absolute atomic E-state index is 12.3. The molecule has 0 spiro atoms. The maximum atomic E-state index is 12.3. The smallest absolute Gasteiger partial charge is 0.284 e. The van der Waals surface area contributed by atoms with Gasteiger partial charge in [-0.15, -0.1) is 0 Å². The van der Waals surface area contributed by atoms with Crippen LogP contribution in [0.25, 0.3) is 0 Å². The van der Waals surface area contributed by atoms with Gasteiger partial charge < -0.3 is 5.73 Å². The van der Waals surface area contributed by atoms with Crippen molar-refractivity contribution in [2.24, 2.45) is 0 Å². The van der Waals surface area contributed by atoms with Crippen LogP contribution in [0.3, 0.4) is 0 Å². The number of aromatic nitrogens is 2.